The van der Waals surface area contributed by atoms with Crippen molar-refractivity contribution >= 4 is 12.0 Å². The lowest BCUT2D eigenvalue weighted by atomic mass is 10.00. The van der Waals surface area contributed by atoms with Crippen molar-refractivity contribution in [2.24, 2.45) is 0 Å². The van der Waals surface area contributed by atoms with E-state index in [1.165, 1.54) is 36.8 Å². The van der Waals surface area contributed by atoms with E-state index in [-0.39, 0.29) is 12.6 Å². The first-order valence-electron chi connectivity index (χ1n) is 9.03. The molecule has 0 bridgehead atoms. The van der Waals surface area contributed by atoms with Crippen molar-refractivity contribution in [2.75, 3.05) is 26.2 Å². The molecule has 3 N–H and O–H groups in total. The smallest absolute Gasteiger partial charge is 0.338 e. The molecule has 0 spiro atoms. The van der Waals surface area contributed by atoms with E-state index >= 15 is 0 Å². The molecule has 25 heavy (non-hydrogen) atoms. The molecule has 0 unspecified atom stereocenters. The molecule has 2 aliphatic heterocycles. The van der Waals surface area contributed by atoms with E-state index in [9.17, 15) is 9.59 Å². The Kier molecular flexibility index (Phi) is 5.75. The minimum absolute atomic E-state index is 0.283. The zero-order valence-corrected chi connectivity index (χ0v) is 14.6. The third-order valence-electron chi connectivity index (χ3n) is 4.71. The molecule has 1 aromatic heterocycles. The van der Waals surface area contributed by atoms with Crippen molar-refractivity contribution in [3.63, 3.8) is 0 Å². The molecule has 0 radical (unpaired) electrons. The van der Waals surface area contributed by atoms with Gasteiger partial charge in [-0.25, -0.2) is 9.59 Å². The maximum atomic E-state index is 12.6. The van der Waals surface area contributed by atoms with Crippen molar-refractivity contribution in [3.8, 4) is 0 Å². The van der Waals surface area contributed by atoms with Crippen LogP contribution < -0.4 is 15.5 Å². The first kappa shape index (κ1) is 17.5. The van der Waals surface area contributed by atoms with Crippen LogP contribution in [0.15, 0.2) is 34.1 Å². The van der Waals surface area contributed by atoms with Crippen LogP contribution in [0.5, 0.6) is 0 Å². The Balaban J connectivity index is 1.92. The predicted octanol–water partition coefficient (Wildman–Crippen LogP) is 0.910. The molecular weight excluding hydrogens is 322 g/mol. The molecule has 1 saturated heterocycles. The second-order valence-electron chi connectivity index (χ2n) is 6.50. The summed E-state index contributed by atoms with van der Waals surface area (Å²) >= 11 is 0. The third-order valence-corrected chi connectivity index (χ3v) is 4.71. The Hall–Kier alpha value is -2.28. The van der Waals surface area contributed by atoms with E-state index in [0.717, 1.165) is 13.1 Å². The summed E-state index contributed by atoms with van der Waals surface area (Å²) in [5, 5.41) is 5.61. The van der Waals surface area contributed by atoms with Crippen LogP contribution in [0.25, 0.3) is 0 Å². The van der Waals surface area contributed by atoms with Crippen LogP contribution in [-0.4, -0.2) is 38.2 Å². The summed E-state index contributed by atoms with van der Waals surface area (Å²) in [7, 11) is 0. The molecule has 2 amide bonds. The summed E-state index contributed by atoms with van der Waals surface area (Å²) in [6.07, 6.45) is 6.37. The summed E-state index contributed by atoms with van der Waals surface area (Å²) in [6.45, 7) is 4.77. The molecule has 7 nitrogen and oxygen atoms in total. The first-order chi connectivity index (χ1) is 12.2. The number of hydrogen-bond donors (Lipinski definition) is 3. The Morgan fingerprint density at radius 3 is 2.72 bits per heavy atom. The van der Waals surface area contributed by atoms with Gasteiger partial charge in [-0.2, -0.15) is 0 Å². The van der Waals surface area contributed by atoms with E-state index in [0.29, 0.717) is 23.6 Å². The normalized spacial score (nSPS) is 22.1. The average molecular weight is 348 g/mol. The molecular formula is C18H26N3O4+. The molecule has 7 heteroatoms. The van der Waals surface area contributed by atoms with Crippen LogP contribution in [0, 0.1) is 0 Å². The van der Waals surface area contributed by atoms with Gasteiger partial charge >= 0.3 is 12.0 Å². The van der Waals surface area contributed by atoms with Crippen LogP contribution in [-0.2, 0) is 9.53 Å². The minimum Gasteiger partial charge on any atom is -0.467 e. The molecule has 1 atom stereocenters. The number of ether oxygens (including phenoxy) is 1. The number of quaternary nitrogens is 1. The molecule has 0 saturated carbocycles. The number of carbonyl (C=O) groups is 2. The van der Waals surface area contributed by atoms with Crippen LogP contribution in [0.2, 0.25) is 0 Å². The van der Waals surface area contributed by atoms with E-state index < -0.39 is 12.0 Å². The Morgan fingerprint density at radius 2 is 2.08 bits per heavy atom. The van der Waals surface area contributed by atoms with E-state index in [4.69, 9.17) is 9.15 Å². The van der Waals surface area contributed by atoms with Gasteiger partial charge in [-0.3, -0.25) is 0 Å². The second-order valence-corrected chi connectivity index (χ2v) is 6.50. The first-order valence-corrected chi connectivity index (χ1v) is 9.03. The quantitative estimate of drug-likeness (QED) is 0.691. The standard InChI is InChI=1S/C18H25N3O4/c1-2-24-17(22)15-13(12-21-9-5-3-4-6-10-21)19-18(23)20-16(15)14-8-7-11-25-14/h7-8,11,16H,2-6,9-10,12H2,1H3,(H2,19,20,23)/p+1/t16-/m1/s1. The van der Waals surface area contributed by atoms with Gasteiger partial charge in [0.2, 0.25) is 0 Å². The van der Waals surface area contributed by atoms with Gasteiger partial charge in [0.15, 0.2) is 0 Å². The number of urea groups is 1. The monoisotopic (exact) mass is 348 g/mol. The highest BCUT2D eigenvalue weighted by atomic mass is 16.5. The zero-order chi connectivity index (χ0) is 17.6. The van der Waals surface area contributed by atoms with Crippen LogP contribution >= 0.6 is 0 Å². The van der Waals surface area contributed by atoms with E-state index in [2.05, 4.69) is 10.6 Å². The van der Waals surface area contributed by atoms with Gasteiger partial charge in [0.25, 0.3) is 0 Å². The summed E-state index contributed by atoms with van der Waals surface area (Å²) in [5.74, 6) is 0.113. The lowest BCUT2D eigenvalue weighted by Gasteiger charge is -2.29. The maximum Gasteiger partial charge on any atom is 0.338 e. The molecule has 3 rings (SSSR count). The SMILES string of the molecule is CCOC(=O)C1=C(C[NH+]2CCCCCC2)NC(=O)N[C@@H]1c1ccco1. The van der Waals surface area contributed by atoms with E-state index in [1.54, 1.807) is 19.1 Å². The summed E-state index contributed by atoms with van der Waals surface area (Å²) in [6, 6.07) is 2.56. The number of carbonyl (C=O) groups excluding carboxylic acids is 2. The lowest BCUT2D eigenvalue weighted by Crippen LogP contribution is -3.12. The van der Waals surface area contributed by atoms with E-state index in [1.807, 2.05) is 0 Å². The Bertz CT molecular complexity index is 631. The number of amides is 2. The highest BCUT2D eigenvalue weighted by molar-refractivity contribution is 5.95. The zero-order valence-electron chi connectivity index (χ0n) is 14.6. The molecule has 136 valence electrons. The van der Waals surface area contributed by atoms with Crippen molar-refractivity contribution in [1.82, 2.24) is 10.6 Å². The summed E-state index contributed by atoms with van der Waals surface area (Å²) in [5.41, 5.74) is 1.08. The highest BCUT2D eigenvalue weighted by Gasteiger charge is 2.36. The number of furan rings is 1. The van der Waals surface area contributed by atoms with Crippen LogP contribution in [0.3, 0.4) is 0 Å². The van der Waals surface area contributed by atoms with Crippen molar-refractivity contribution in [3.05, 3.63) is 35.4 Å². The highest BCUT2D eigenvalue weighted by Crippen LogP contribution is 2.27. The van der Waals surface area contributed by atoms with Crippen molar-refractivity contribution < 1.29 is 23.6 Å². The Morgan fingerprint density at radius 1 is 1.32 bits per heavy atom. The molecule has 3 heterocycles. The summed E-state index contributed by atoms with van der Waals surface area (Å²) in [4.78, 5) is 26.1. The molecule has 2 aliphatic rings. The number of rotatable bonds is 5. The fourth-order valence-corrected chi connectivity index (χ4v) is 3.53. The lowest BCUT2D eigenvalue weighted by molar-refractivity contribution is -0.894. The number of hydrogen-bond acceptors (Lipinski definition) is 4. The fourth-order valence-electron chi connectivity index (χ4n) is 3.53. The van der Waals surface area contributed by atoms with Gasteiger partial charge in [-0.1, -0.05) is 0 Å². The summed E-state index contributed by atoms with van der Waals surface area (Å²) < 4.78 is 10.7. The Labute approximate surface area is 147 Å². The van der Waals surface area contributed by atoms with Gasteiger partial charge in [0.1, 0.15) is 18.3 Å². The van der Waals surface area contributed by atoms with Crippen molar-refractivity contribution in [2.45, 2.75) is 38.6 Å². The molecule has 1 fully saturated rings. The minimum atomic E-state index is -0.621. The number of esters is 1. The predicted molar refractivity (Wildman–Crippen MR) is 90.8 cm³/mol. The van der Waals surface area contributed by atoms with Crippen LogP contribution in [0.4, 0.5) is 4.79 Å². The van der Waals surface area contributed by atoms with Gasteiger partial charge in [-0.15, -0.1) is 0 Å². The maximum absolute atomic E-state index is 12.6. The average Bonchev–Trinajstić information content (AvgIpc) is 3.00. The van der Waals surface area contributed by atoms with Gasteiger partial charge in [-0.05, 0) is 44.7 Å². The second kappa shape index (κ2) is 8.20. The largest absolute Gasteiger partial charge is 0.467 e. The topological polar surface area (TPSA) is 85.0 Å². The fraction of sp³-hybridized carbons (Fsp3) is 0.556. The van der Waals surface area contributed by atoms with Crippen molar-refractivity contribution in [1.29, 1.82) is 0 Å². The number of likely N-dealkylation sites (tertiary alicyclic amines) is 1. The van der Waals surface area contributed by atoms with Gasteiger partial charge < -0.3 is 24.7 Å². The molecule has 0 aliphatic carbocycles. The third kappa shape index (κ3) is 4.22. The van der Waals surface area contributed by atoms with Crippen LogP contribution in [0.1, 0.15) is 44.4 Å². The van der Waals surface area contributed by atoms with Gasteiger partial charge in [0.05, 0.1) is 37.2 Å². The molecule has 0 aromatic carbocycles. The molecule has 1 aromatic rings. The van der Waals surface area contributed by atoms with Gasteiger partial charge in [0, 0.05) is 0 Å². The number of nitrogens with one attached hydrogen (secondary N) is 3.